The van der Waals surface area contributed by atoms with Gasteiger partial charge < -0.3 is 16.0 Å². The maximum atomic E-state index is 5.93. The molecule has 2 aromatic heterocycles. The van der Waals surface area contributed by atoms with Gasteiger partial charge in [0.1, 0.15) is 0 Å². The van der Waals surface area contributed by atoms with E-state index in [1.807, 2.05) is 30.5 Å². The van der Waals surface area contributed by atoms with Crippen molar-refractivity contribution >= 4 is 22.3 Å². The molecule has 5 heteroatoms. The summed E-state index contributed by atoms with van der Waals surface area (Å²) >= 11 is 0. The Morgan fingerprint density at radius 2 is 2.21 bits per heavy atom. The number of hydrogen-bond acceptors (Lipinski definition) is 4. The second-order valence-electron chi connectivity index (χ2n) is 4.36. The summed E-state index contributed by atoms with van der Waals surface area (Å²) in [5.74, 6) is 0. The first kappa shape index (κ1) is 11.5. The van der Waals surface area contributed by atoms with Crippen molar-refractivity contribution in [1.29, 1.82) is 0 Å². The molecule has 0 saturated carbocycles. The molecule has 0 aliphatic carbocycles. The van der Waals surface area contributed by atoms with E-state index in [4.69, 9.17) is 5.73 Å². The minimum atomic E-state index is 0.703. The Kier molecular flexibility index (Phi) is 3.02. The highest BCUT2D eigenvalue weighted by atomic mass is 14.9. The second kappa shape index (κ2) is 4.97. The van der Waals surface area contributed by atoms with E-state index in [9.17, 15) is 0 Å². The average Bonchev–Trinajstić information content (AvgIpc) is 2.95. The van der Waals surface area contributed by atoms with Crippen molar-refractivity contribution in [3.8, 4) is 0 Å². The van der Waals surface area contributed by atoms with Crippen molar-refractivity contribution in [2.24, 2.45) is 0 Å². The molecule has 0 radical (unpaired) electrons. The molecule has 5 nitrogen and oxygen atoms in total. The molecule has 0 fully saturated rings. The molecule has 0 aliphatic heterocycles. The van der Waals surface area contributed by atoms with Gasteiger partial charge in [-0.25, -0.2) is 4.98 Å². The van der Waals surface area contributed by atoms with Crippen molar-refractivity contribution in [3.05, 3.63) is 48.7 Å². The number of rotatable bonds is 4. The van der Waals surface area contributed by atoms with Crippen molar-refractivity contribution in [2.45, 2.75) is 6.42 Å². The molecule has 0 saturated heterocycles. The first-order chi connectivity index (χ1) is 9.34. The Balaban J connectivity index is 1.79. The summed E-state index contributed by atoms with van der Waals surface area (Å²) in [5, 5.41) is 4.46. The van der Waals surface area contributed by atoms with Gasteiger partial charge in [0, 0.05) is 42.1 Å². The van der Waals surface area contributed by atoms with Gasteiger partial charge in [-0.15, -0.1) is 0 Å². The topological polar surface area (TPSA) is 79.6 Å². The first-order valence-corrected chi connectivity index (χ1v) is 6.19. The lowest BCUT2D eigenvalue weighted by Gasteiger charge is -2.10. The number of imidazole rings is 1. The summed E-state index contributed by atoms with van der Waals surface area (Å²) in [6.07, 6.45) is 6.18. The first-order valence-electron chi connectivity index (χ1n) is 6.19. The normalized spacial score (nSPS) is 10.7. The summed E-state index contributed by atoms with van der Waals surface area (Å²) < 4.78 is 0. The number of aromatic nitrogens is 3. The van der Waals surface area contributed by atoms with E-state index in [1.165, 1.54) is 0 Å². The third-order valence-electron chi connectivity index (χ3n) is 3.07. The highest BCUT2D eigenvalue weighted by Gasteiger charge is 2.04. The van der Waals surface area contributed by atoms with Crippen molar-refractivity contribution in [1.82, 2.24) is 15.0 Å². The summed E-state index contributed by atoms with van der Waals surface area (Å²) in [4.78, 5) is 11.4. The number of anilines is 2. The molecule has 2 heterocycles. The van der Waals surface area contributed by atoms with E-state index < -0.39 is 0 Å². The van der Waals surface area contributed by atoms with E-state index in [-0.39, 0.29) is 0 Å². The smallest absolute Gasteiger partial charge is 0.0951 e. The van der Waals surface area contributed by atoms with Crippen LogP contribution < -0.4 is 11.1 Å². The summed E-state index contributed by atoms with van der Waals surface area (Å²) in [6.45, 7) is 0.829. The van der Waals surface area contributed by atoms with Crippen LogP contribution in [0.2, 0.25) is 0 Å². The zero-order valence-electron chi connectivity index (χ0n) is 10.4. The molecule has 0 unspecified atom stereocenters. The largest absolute Gasteiger partial charge is 0.397 e. The van der Waals surface area contributed by atoms with Crippen LogP contribution in [0.3, 0.4) is 0 Å². The summed E-state index contributed by atoms with van der Waals surface area (Å²) in [7, 11) is 0. The molecule has 0 bridgehead atoms. The summed E-state index contributed by atoms with van der Waals surface area (Å²) in [5.41, 5.74) is 9.64. The fourth-order valence-corrected chi connectivity index (χ4v) is 2.10. The summed E-state index contributed by atoms with van der Waals surface area (Å²) in [6, 6.07) is 7.82. The minimum Gasteiger partial charge on any atom is -0.397 e. The number of H-pyrrole nitrogens is 1. The number of aromatic amines is 1. The monoisotopic (exact) mass is 253 g/mol. The predicted molar refractivity (Wildman–Crippen MR) is 76.9 cm³/mol. The molecule has 0 atom stereocenters. The number of benzene rings is 1. The van der Waals surface area contributed by atoms with Crippen LogP contribution in [0.4, 0.5) is 11.4 Å². The Labute approximate surface area is 110 Å². The third kappa shape index (κ3) is 2.35. The maximum Gasteiger partial charge on any atom is 0.0951 e. The van der Waals surface area contributed by atoms with Crippen molar-refractivity contribution < 1.29 is 0 Å². The van der Waals surface area contributed by atoms with Gasteiger partial charge in [0.15, 0.2) is 0 Å². The zero-order valence-corrected chi connectivity index (χ0v) is 10.4. The van der Waals surface area contributed by atoms with Crippen molar-refractivity contribution in [2.75, 3.05) is 17.6 Å². The lowest BCUT2D eigenvalue weighted by Crippen LogP contribution is -2.06. The van der Waals surface area contributed by atoms with Crippen LogP contribution in [0.1, 0.15) is 5.69 Å². The van der Waals surface area contributed by atoms with Gasteiger partial charge >= 0.3 is 0 Å². The van der Waals surface area contributed by atoms with Gasteiger partial charge in [0.2, 0.25) is 0 Å². The van der Waals surface area contributed by atoms with Crippen LogP contribution in [0.25, 0.3) is 10.9 Å². The molecule has 4 N–H and O–H groups in total. The lowest BCUT2D eigenvalue weighted by molar-refractivity contribution is 0.978. The number of nitrogen functional groups attached to an aromatic ring is 1. The SMILES string of the molecule is Nc1ccc(NCCc2cnc[nH]2)c2cccnc12. The van der Waals surface area contributed by atoms with Gasteiger partial charge in [-0.1, -0.05) is 0 Å². The Morgan fingerprint density at radius 3 is 3.05 bits per heavy atom. The quantitative estimate of drug-likeness (QED) is 0.623. The molecule has 3 aromatic rings. The standard InChI is InChI=1S/C14H15N5/c15-12-3-4-13(11-2-1-6-18-14(11)12)17-7-5-10-8-16-9-19-10/h1-4,6,8-9,17H,5,7,15H2,(H,16,19). The molecule has 3 rings (SSSR count). The molecule has 0 aliphatic rings. The fraction of sp³-hybridized carbons (Fsp3) is 0.143. The molecular formula is C14H15N5. The van der Waals surface area contributed by atoms with Gasteiger partial charge in [-0.2, -0.15) is 0 Å². The van der Waals surface area contributed by atoms with E-state index in [2.05, 4.69) is 20.3 Å². The number of fused-ring (bicyclic) bond motifs is 1. The number of nitrogens with two attached hydrogens (primary N) is 1. The molecule has 0 spiro atoms. The Hall–Kier alpha value is -2.56. The molecule has 96 valence electrons. The Bertz CT molecular complexity index is 675. The molecule has 0 amide bonds. The highest BCUT2D eigenvalue weighted by molar-refractivity contribution is 5.98. The zero-order chi connectivity index (χ0) is 13.1. The van der Waals surface area contributed by atoms with Gasteiger partial charge in [0.05, 0.1) is 17.5 Å². The van der Waals surface area contributed by atoms with Crippen LogP contribution in [0.15, 0.2) is 43.0 Å². The van der Waals surface area contributed by atoms with Crippen LogP contribution in [-0.2, 0) is 6.42 Å². The lowest BCUT2D eigenvalue weighted by atomic mass is 10.1. The van der Waals surface area contributed by atoms with E-state index >= 15 is 0 Å². The number of nitrogens with zero attached hydrogens (tertiary/aromatic N) is 2. The number of hydrogen-bond donors (Lipinski definition) is 3. The maximum absolute atomic E-state index is 5.93. The van der Waals surface area contributed by atoms with Crippen LogP contribution in [0, 0.1) is 0 Å². The molecular weight excluding hydrogens is 238 g/mol. The van der Waals surface area contributed by atoms with E-state index in [0.717, 1.165) is 35.2 Å². The van der Waals surface area contributed by atoms with E-state index in [0.29, 0.717) is 5.69 Å². The second-order valence-corrected chi connectivity index (χ2v) is 4.36. The molecule has 19 heavy (non-hydrogen) atoms. The van der Waals surface area contributed by atoms with E-state index in [1.54, 1.807) is 12.5 Å². The van der Waals surface area contributed by atoms with Crippen LogP contribution >= 0.6 is 0 Å². The van der Waals surface area contributed by atoms with Crippen LogP contribution in [-0.4, -0.2) is 21.5 Å². The van der Waals surface area contributed by atoms with Crippen LogP contribution in [0.5, 0.6) is 0 Å². The van der Waals surface area contributed by atoms with Gasteiger partial charge in [-0.3, -0.25) is 4.98 Å². The number of nitrogens with one attached hydrogen (secondary N) is 2. The minimum absolute atomic E-state index is 0.703. The fourth-order valence-electron chi connectivity index (χ4n) is 2.10. The third-order valence-corrected chi connectivity index (χ3v) is 3.07. The predicted octanol–water partition coefficient (Wildman–Crippen LogP) is 2.19. The van der Waals surface area contributed by atoms with Crippen molar-refractivity contribution in [3.63, 3.8) is 0 Å². The Morgan fingerprint density at radius 1 is 1.26 bits per heavy atom. The number of pyridine rings is 1. The molecule has 1 aromatic carbocycles. The van der Waals surface area contributed by atoms with Gasteiger partial charge in [0.25, 0.3) is 0 Å². The van der Waals surface area contributed by atoms with Gasteiger partial charge in [-0.05, 0) is 24.3 Å². The highest BCUT2D eigenvalue weighted by Crippen LogP contribution is 2.26. The average molecular weight is 253 g/mol.